The molecule has 0 heterocycles. The van der Waals surface area contributed by atoms with Gasteiger partial charge in [0.15, 0.2) is 5.78 Å². The highest BCUT2D eigenvalue weighted by atomic mass is 16.5. The number of amides is 1. The van der Waals surface area contributed by atoms with Crippen molar-refractivity contribution in [1.82, 2.24) is 0 Å². The van der Waals surface area contributed by atoms with Crippen LogP contribution in [0.3, 0.4) is 0 Å². The van der Waals surface area contributed by atoms with E-state index in [2.05, 4.69) is 5.32 Å². The third-order valence-electron chi connectivity index (χ3n) is 4.83. The molecule has 0 spiro atoms. The number of carbonyl (C=O) groups excluding carboxylic acids is 3. The van der Waals surface area contributed by atoms with Crippen LogP contribution < -0.4 is 14.8 Å². The lowest BCUT2D eigenvalue weighted by Crippen LogP contribution is -2.24. The van der Waals surface area contributed by atoms with Gasteiger partial charge in [-0.05, 0) is 32.4 Å². The molecule has 2 aromatic rings. The van der Waals surface area contributed by atoms with Crippen LogP contribution in [0.25, 0.3) is 0 Å². The SMILES string of the molecule is CCCCOCC(=O)Nc1cc(OCC)c2c(c1)C(=O)c1cccc(OCC)c1C2=O. The van der Waals surface area contributed by atoms with Crippen molar-refractivity contribution in [3.8, 4) is 11.5 Å². The molecule has 0 unspecified atom stereocenters. The van der Waals surface area contributed by atoms with Gasteiger partial charge in [-0.2, -0.15) is 0 Å². The number of carbonyl (C=O) groups is 3. The van der Waals surface area contributed by atoms with Gasteiger partial charge in [0.05, 0.1) is 24.3 Å². The average molecular weight is 425 g/mol. The van der Waals surface area contributed by atoms with E-state index < -0.39 is 0 Å². The number of rotatable bonds is 10. The van der Waals surface area contributed by atoms with Gasteiger partial charge in [0, 0.05) is 29.5 Å². The molecule has 0 fully saturated rings. The minimum absolute atomic E-state index is 0.0888. The summed E-state index contributed by atoms with van der Waals surface area (Å²) in [5, 5.41) is 2.73. The van der Waals surface area contributed by atoms with Gasteiger partial charge in [-0.1, -0.05) is 25.5 Å². The Morgan fingerprint density at radius 1 is 0.903 bits per heavy atom. The number of unbranched alkanes of at least 4 members (excludes halogenated alkanes) is 1. The van der Waals surface area contributed by atoms with Crippen LogP contribution >= 0.6 is 0 Å². The highest BCUT2D eigenvalue weighted by Gasteiger charge is 2.35. The normalized spacial score (nSPS) is 12.2. The number of benzene rings is 2. The van der Waals surface area contributed by atoms with Crippen LogP contribution in [-0.2, 0) is 9.53 Å². The molecule has 0 aromatic heterocycles. The Balaban J connectivity index is 1.97. The zero-order valence-electron chi connectivity index (χ0n) is 18.1. The first kappa shape index (κ1) is 22.5. The molecule has 0 aliphatic heterocycles. The number of hydrogen-bond donors (Lipinski definition) is 1. The molecule has 1 N–H and O–H groups in total. The lowest BCUT2D eigenvalue weighted by atomic mass is 9.82. The summed E-state index contributed by atoms with van der Waals surface area (Å²) >= 11 is 0. The highest BCUT2D eigenvalue weighted by Crippen LogP contribution is 2.39. The maximum Gasteiger partial charge on any atom is 0.250 e. The summed E-state index contributed by atoms with van der Waals surface area (Å²) in [5.74, 6) is -0.377. The molecule has 7 nitrogen and oxygen atoms in total. The van der Waals surface area contributed by atoms with Crippen LogP contribution in [0.2, 0.25) is 0 Å². The number of hydrogen-bond acceptors (Lipinski definition) is 6. The molecule has 0 saturated carbocycles. The monoisotopic (exact) mass is 425 g/mol. The molecule has 7 heteroatoms. The van der Waals surface area contributed by atoms with Crippen molar-refractivity contribution in [2.45, 2.75) is 33.6 Å². The first-order chi connectivity index (χ1) is 15.0. The van der Waals surface area contributed by atoms with E-state index in [0.29, 0.717) is 31.3 Å². The fourth-order valence-corrected chi connectivity index (χ4v) is 3.48. The number of anilines is 1. The van der Waals surface area contributed by atoms with Crippen molar-refractivity contribution < 1.29 is 28.6 Å². The number of nitrogens with one attached hydrogen (secondary N) is 1. The van der Waals surface area contributed by atoms with Gasteiger partial charge >= 0.3 is 0 Å². The number of ketones is 2. The number of fused-ring (bicyclic) bond motifs is 2. The predicted octanol–water partition coefficient (Wildman–Crippen LogP) is 4.01. The second kappa shape index (κ2) is 10.2. The van der Waals surface area contributed by atoms with Crippen molar-refractivity contribution in [3.63, 3.8) is 0 Å². The molecule has 164 valence electrons. The first-order valence-corrected chi connectivity index (χ1v) is 10.5. The fraction of sp³-hybridized carbons (Fsp3) is 0.375. The van der Waals surface area contributed by atoms with E-state index in [-0.39, 0.29) is 52.1 Å². The lowest BCUT2D eigenvalue weighted by Gasteiger charge is -2.23. The maximum absolute atomic E-state index is 13.4. The summed E-state index contributed by atoms with van der Waals surface area (Å²) in [4.78, 5) is 38.8. The van der Waals surface area contributed by atoms with Crippen LogP contribution in [0.4, 0.5) is 5.69 Å². The van der Waals surface area contributed by atoms with Crippen LogP contribution in [0, 0.1) is 0 Å². The van der Waals surface area contributed by atoms with E-state index in [1.54, 1.807) is 31.2 Å². The highest BCUT2D eigenvalue weighted by molar-refractivity contribution is 6.30. The first-order valence-electron chi connectivity index (χ1n) is 10.5. The van der Waals surface area contributed by atoms with Gasteiger partial charge in [0.2, 0.25) is 11.7 Å². The van der Waals surface area contributed by atoms with E-state index in [4.69, 9.17) is 14.2 Å². The lowest BCUT2D eigenvalue weighted by molar-refractivity contribution is -0.120. The second-order valence-electron chi connectivity index (χ2n) is 7.05. The molecule has 2 aromatic carbocycles. The molecule has 0 atom stereocenters. The molecular formula is C24H27NO6. The minimum atomic E-state index is -0.341. The smallest absolute Gasteiger partial charge is 0.250 e. The third kappa shape index (κ3) is 4.77. The van der Waals surface area contributed by atoms with Crippen LogP contribution in [-0.4, -0.2) is 43.9 Å². The molecule has 1 aliphatic rings. The average Bonchev–Trinajstić information content (AvgIpc) is 2.75. The summed E-state index contributed by atoms with van der Waals surface area (Å²) < 4.78 is 16.6. The third-order valence-corrected chi connectivity index (χ3v) is 4.83. The summed E-state index contributed by atoms with van der Waals surface area (Å²) in [7, 11) is 0. The van der Waals surface area contributed by atoms with E-state index in [1.165, 1.54) is 6.07 Å². The molecular weight excluding hydrogens is 398 g/mol. The summed E-state index contributed by atoms with van der Waals surface area (Å²) in [6.07, 6.45) is 1.85. The minimum Gasteiger partial charge on any atom is -0.493 e. The Morgan fingerprint density at radius 2 is 1.61 bits per heavy atom. The molecule has 1 amide bonds. The Kier molecular flexibility index (Phi) is 7.41. The van der Waals surface area contributed by atoms with Crippen LogP contribution in [0.5, 0.6) is 11.5 Å². The molecule has 3 rings (SSSR count). The zero-order valence-corrected chi connectivity index (χ0v) is 18.1. The Hall–Kier alpha value is -3.19. The standard InChI is InChI=1S/C24H27NO6/c1-4-7-11-29-14-20(26)25-15-12-17-22(19(13-15)31-6-3)24(28)21-16(23(17)27)9-8-10-18(21)30-5-2/h8-10,12-13H,4-7,11,14H2,1-3H3,(H,25,26). The second-order valence-corrected chi connectivity index (χ2v) is 7.05. The van der Waals surface area contributed by atoms with Crippen molar-refractivity contribution in [2.24, 2.45) is 0 Å². The molecule has 0 radical (unpaired) electrons. The van der Waals surface area contributed by atoms with Crippen LogP contribution in [0.15, 0.2) is 30.3 Å². The summed E-state index contributed by atoms with van der Waals surface area (Å²) in [6.45, 7) is 6.72. The predicted molar refractivity (Wildman–Crippen MR) is 116 cm³/mol. The van der Waals surface area contributed by atoms with E-state index in [1.807, 2.05) is 13.8 Å². The summed E-state index contributed by atoms with van der Waals surface area (Å²) in [6, 6.07) is 8.03. The molecule has 1 aliphatic carbocycles. The van der Waals surface area contributed by atoms with Crippen molar-refractivity contribution in [1.29, 1.82) is 0 Å². The Morgan fingerprint density at radius 3 is 2.32 bits per heavy atom. The molecule has 0 bridgehead atoms. The maximum atomic E-state index is 13.4. The van der Waals surface area contributed by atoms with Gasteiger partial charge in [0.25, 0.3) is 0 Å². The van der Waals surface area contributed by atoms with Gasteiger partial charge in [-0.25, -0.2) is 0 Å². The van der Waals surface area contributed by atoms with E-state index >= 15 is 0 Å². The van der Waals surface area contributed by atoms with Crippen LogP contribution in [0.1, 0.15) is 65.5 Å². The summed E-state index contributed by atoms with van der Waals surface area (Å²) in [5.41, 5.74) is 1.26. The Bertz CT molecular complexity index is 998. The molecule has 31 heavy (non-hydrogen) atoms. The van der Waals surface area contributed by atoms with Gasteiger partial charge in [-0.3, -0.25) is 14.4 Å². The topological polar surface area (TPSA) is 90.9 Å². The van der Waals surface area contributed by atoms with Gasteiger partial charge in [0.1, 0.15) is 18.1 Å². The zero-order chi connectivity index (χ0) is 22.4. The van der Waals surface area contributed by atoms with E-state index in [9.17, 15) is 14.4 Å². The van der Waals surface area contributed by atoms with Gasteiger partial charge < -0.3 is 19.5 Å². The largest absolute Gasteiger partial charge is 0.493 e. The van der Waals surface area contributed by atoms with Crippen molar-refractivity contribution in [3.05, 3.63) is 52.6 Å². The number of ether oxygens (including phenoxy) is 3. The fourth-order valence-electron chi connectivity index (χ4n) is 3.48. The van der Waals surface area contributed by atoms with E-state index in [0.717, 1.165) is 12.8 Å². The van der Waals surface area contributed by atoms with Crippen molar-refractivity contribution in [2.75, 3.05) is 31.7 Å². The Labute approximate surface area is 181 Å². The quantitative estimate of drug-likeness (QED) is 0.494. The van der Waals surface area contributed by atoms with Gasteiger partial charge in [-0.15, -0.1) is 0 Å². The van der Waals surface area contributed by atoms with Crippen molar-refractivity contribution >= 4 is 23.2 Å². The molecule has 0 saturated heterocycles.